The van der Waals surface area contributed by atoms with Crippen LogP contribution in [0.25, 0.3) is 10.9 Å². The van der Waals surface area contributed by atoms with Gasteiger partial charge in [-0.25, -0.2) is 0 Å². The molecule has 0 unspecified atom stereocenters. The Morgan fingerprint density at radius 2 is 1.80 bits per heavy atom. The van der Waals surface area contributed by atoms with E-state index in [2.05, 4.69) is 26.2 Å². The SMILES string of the molecule is O=C(Nc1ccc2c3c(c(=O)[nH]c2c1)CCCC3)c1ccccc1Br. The van der Waals surface area contributed by atoms with Crippen LogP contribution in [0.4, 0.5) is 5.69 Å². The zero-order chi connectivity index (χ0) is 17.4. The molecule has 1 aliphatic rings. The number of rotatable bonds is 2. The minimum absolute atomic E-state index is 0.00326. The minimum Gasteiger partial charge on any atom is -0.322 e. The van der Waals surface area contributed by atoms with Crippen LogP contribution in [-0.2, 0) is 12.8 Å². The third-order valence-corrected chi connectivity index (χ3v) is 5.40. The lowest BCUT2D eigenvalue weighted by Gasteiger charge is -2.17. The van der Waals surface area contributed by atoms with Gasteiger partial charge < -0.3 is 10.3 Å². The molecule has 1 aliphatic carbocycles. The smallest absolute Gasteiger partial charge is 0.256 e. The maximum absolute atomic E-state index is 12.5. The second kappa shape index (κ2) is 6.48. The monoisotopic (exact) mass is 396 g/mol. The van der Waals surface area contributed by atoms with Crippen molar-refractivity contribution in [1.82, 2.24) is 4.98 Å². The Morgan fingerprint density at radius 1 is 1.04 bits per heavy atom. The Hall–Kier alpha value is -2.40. The van der Waals surface area contributed by atoms with Gasteiger partial charge in [-0.1, -0.05) is 18.2 Å². The highest BCUT2D eigenvalue weighted by Crippen LogP contribution is 2.27. The minimum atomic E-state index is -0.188. The maximum atomic E-state index is 12.5. The van der Waals surface area contributed by atoms with Crippen LogP contribution in [-0.4, -0.2) is 10.9 Å². The number of hydrogen-bond donors (Lipinski definition) is 2. The van der Waals surface area contributed by atoms with Crippen molar-refractivity contribution >= 4 is 38.4 Å². The summed E-state index contributed by atoms with van der Waals surface area (Å²) in [7, 11) is 0. The molecule has 1 amide bonds. The number of benzene rings is 2. The Balaban J connectivity index is 1.71. The number of hydrogen-bond acceptors (Lipinski definition) is 2. The lowest BCUT2D eigenvalue weighted by Crippen LogP contribution is -2.19. The highest BCUT2D eigenvalue weighted by molar-refractivity contribution is 9.10. The summed E-state index contributed by atoms with van der Waals surface area (Å²) in [6, 6.07) is 13.0. The van der Waals surface area contributed by atoms with Crippen molar-refractivity contribution in [2.75, 3.05) is 5.32 Å². The number of carbonyl (C=O) groups is 1. The molecule has 0 fully saturated rings. The largest absolute Gasteiger partial charge is 0.322 e. The molecule has 3 aromatic rings. The zero-order valence-corrected chi connectivity index (χ0v) is 15.2. The molecule has 0 bridgehead atoms. The molecule has 4 nitrogen and oxygen atoms in total. The Kier molecular flexibility index (Phi) is 4.17. The van der Waals surface area contributed by atoms with Crippen molar-refractivity contribution in [3.63, 3.8) is 0 Å². The van der Waals surface area contributed by atoms with Crippen LogP contribution in [0.2, 0.25) is 0 Å². The molecule has 0 spiro atoms. The van der Waals surface area contributed by atoms with Gasteiger partial charge in [0.1, 0.15) is 0 Å². The van der Waals surface area contributed by atoms with Gasteiger partial charge in [-0.05, 0) is 71.4 Å². The molecule has 0 saturated heterocycles. The first kappa shape index (κ1) is 16.1. The maximum Gasteiger partial charge on any atom is 0.256 e. The zero-order valence-electron chi connectivity index (χ0n) is 13.6. The van der Waals surface area contributed by atoms with Gasteiger partial charge in [-0.3, -0.25) is 9.59 Å². The van der Waals surface area contributed by atoms with E-state index in [-0.39, 0.29) is 11.5 Å². The number of aromatic nitrogens is 1. The summed E-state index contributed by atoms with van der Waals surface area (Å²) in [5.41, 5.74) is 4.09. The molecule has 126 valence electrons. The molecular formula is C20H17BrN2O2. The molecule has 4 rings (SSSR count). The summed E-state index contributed by atoms with van der Waals surface area (Å²) in [4.78, 5) is 27.8. The standard InChI is InChI=1S/C20H17BrN2O2/c21-17-8-4-3-7-16(17)20(25)22-12-9-10-14-13-5-1-2-6-15(13)19(24)23-18(14)11-12/h3-4,7-11H,1-2,5-6H2,(H,22,25)(H,23,24). The summed E-state index contributed by atoms with van der Waals surface area (Å²) >= 11 is 3.39. The van der Waals surface area contributed by atoms with Crippen molar-refractivity contribution in [3.05, 3.63) is 74.0 Å². The van der Waals surface area contributed by atoms with Crippen LogP contribution in [0.15, 0.2) is 51.7 Å². The lowest BCUT2D eigenvalue weighted by atomic mass is 9.90. The number of aromatic amines is 1. The van der Waals surface area contributed by atoms with Crippen LogP contribution < -0.4 is 10.9 Å². The van der Waals surface area contributed by atoms with Crippen LogP contribution >= 0.6 is 15.9 Å². The molecule has 1 heterocycles. The number of halogens is 1. The predicted octanol–water partition coefficient (Wildman–Crippen LogP) is 4.42. The number of H-pyrrole nitrogens is 1. The van der Waals surface area contributed by atoms with Gasteiger partial charge in [0, 0.05) is 21.1 Å². The van der Waals surface area contributed by atoms with Gasteiger partial charge in [0.15, 0.2) is 0 Å². The van der Waals surface area contributed by atoms with Crippen LogP contribution in [0, 0.1) is 0 Å². The quantitative estimate of drug-likeness (QED) is 0.673. The van der Waals surface area contributed by atoms with Crippen LogP contribution in [0.5, 0.6) is 0 Å². The molecule has 25 heavy (non-hydrogen) atoms. The Labute approximate surface area is 153 Å². The second-order valence-corrected chi connectivity index (χ2v) is 7.17. The van der Waals surface area contributed by atoms with E-state index in [4.69, 9.17) is 0 Å². The summed E-state index contributed by atoms with van der Waals surface area (Å²) in [6.45, 7) is 0. The molecule has 0 aliphatic heterocycles. The van der Waals surface area contributed by atoms with E-state index < -0.39 is 0 Å². The Bertz CT molecular complexity index is 1040. The summed E-state index contributed by atoms with van der Waals surface area (Å²) in [5, 5.41) is 3.98. The number of amides is 1. The van der Waals surface area contributed by atoms with Crippen molar-refractivity contribution in [3.8, 4) is 0 Å². The first-order chi connectivity index (χ1) is 12.1. The van der Waals surface area contributed by atoms with Gasteiger partial charge in [-0.15, -0.1) is 0 Å². The number of carbonyl (C=O) groups excluding carboxylic acids is 1. The fraction of sp³-hybridized carbons (Fsp3) is 0.200. The lowest BCUT2D eigenvalue weighted by molar-refractivity contribution is 0.102. The fourth-order valence-electron chi connectivity index (χ4n) is 3.48. The van der Waals surface area contributed by atoms with Crippen molar-refractivity contribution in [2.24, 2.45) is 0 Å². The molecule has 0 radical (unpaired) electrons. The van der Waals surface area contributed by atoms with Crippen LogP contribution in [0.1, 0.15) is 34.3 Å². The van der Waals surface area contributed by atoms with E-state index in [1.165, 1.54) is 0 Å². The van der Waals surface area contributed by atoms with Gasteiger partial charge in [-0.2, -0.15) is 0 Å². The van der Waals surface area contributed by atoms with Gasteiger partial charge in [0.2, 0.25) is 0 Å². The van der Waals surface area contributed by atoms with Gasteiger partial charge in [0.25, 0.3) is 11.5 Å². The summed E-state index contributed by atoms with van der Waals surface area (Å²) in [5.74, 6) is -0.188. The van der Waals surface area contributed by atoms with E-state index in [1.54, 1.807) is 6.07 Å². The van der Waals surface area contributed by atoms with E-state index >= 15 is 0 Å². The molecule has 5 heteroatoms. The van der Waals surface area contributed by atoms with E-state index in [0.29, 0.717) is 11.3 Å². The first-order valence-corrected chi connectivity index (χ1v) is 9.16. The third-order valence-electron chi connectivity index (χ3n) is 4.71. The number of nitrogens with one attached hydrogen (secondary N) is 2. The average Bonchev–Trinajstić information content (AvgIpc) is 2.62. The molecule has 2 N–H and O–H groups in total. The van der Waals surface area contributed by atoms with Gasteiger partial charge >= 0.3 is 0 Å². The fourth-order valence-corrected chi connectivity index (χ4v) is 3.95. The highest BCUT2D eigenvalue weighted by atomic mass is 79.9. The van der Waals surface area contributed by atoms with E-state index in [1.807, 2.05) is 36.4 Å². The Morgan fingerprint density at radius 3 is 2.60 bits per heavy atom. The second-order valence-electron chi connectivity index (χ2n) is 6.31. The summed E-state index contributed by atoms with van der Waals surface area (Å²) < 4.78 is 0.746. The molecule has 0 saturated carbocycles. The van der Waals surface area contributed by atoms with Gasteiger partial charge in [0.05, 0.1) is 11.1 Å². The normalized spacial score (nSPS) is 13.5. The summed E-state index contributed by atoms with van der Waals surface area (Å²) in [6.07, 6.45) is 3.98. The van der Waals surface area contributed by atoms with Crippen LogP contribution in [0.3, 0.4) is 0 Å². The molecular weight excluding hydrogens is 380 g/mol. The van der Waals surface area contributed by atoms with E-state index in [9.17, 15) is 9.59 Å². The van der Waals surface area contributed by atoms with Crippen molar-refractivity contribution < 1.29 is 4.79 Å². The highest BCUT2D eigenvalue weighted by Gasteiger charge is 2.17. The number of pyridine rings is 1. The molecule has 1 aromatic heterocycles. The number of fused-ring (bicyclic) bond motifs is 3. The molecule has 0 atom stereocenters. The molecule has 2 aromatic carbocycles. The third kappa shape index (κ3) is 3.00. The topological polar surface area (TPSA) is 62.0 Å². The number of aryl methyl sites for hydroxylation is 1. The predicted molar refractivity (Wildman–Crippen MR) is 103 cm³/mol. The van der Waals surface area contributed by atoms with E-state index in [0.717, 1.165) is 52.2 Å². The van der Waals surface area contributed by atoms with Crippen molar-refractivity contribution in [1.29, 1.82) is 0 Å². The average molecular weight is 397 g/mol. The number of anilines is 1. The van der Waals surface area contributed by atoms with Crippen molar-refractivity contribution in [2.45, 2.75) is 25.7 Å². The first-order valence-electron chi connectivity index (χ1n) is 8.37.